The highest BCUT2D eigenvalue weighted by Crippen LogP contribution is 2.51. The number of para-hydroxylation sites is 1. The van der Waals surface area contributed by atoms with Gasteiger partial charge in [0.2, 0.25) is 0 Å². The van der Waals surface area contributed by atoms with E-state index in [0.717, 1.165) is 39.0 Å². The second kappa shape index (κ2) is 9.32. The third-order valence-corrected chi connectivity index (χ3v) is 11.2. The van der Waals surface area contributed by atoms with Crippen molar-refractivity contribution in [1.82, 2.24) is 0 Å². The molecular formula is C43H29NOS. The quantitative estimate of drug-likeness (QED) is 0.199. The first kappa shape index (κ1) is 25.9. The van der Waals surface area contributed by atoms with Crippen LogP contribution in [0.2, 0.25) is 0 Å². The minimum Gasteiger partial charge on any atom is -0.455 e. The molecule has 10 rings (SSSR count). The van der Waals surface area contributed by atoms with Gasteiger partial charge in [-0.15, -0.1) is 11.3 Å². The predicted octanol–water partition coefficient (Wildman–Crippen LogP) is 12.9. The number of rotatable bonds is 3. The lowest BCUT2D eigenvalue weighted by molar-refractivity contribution is 0.660. The number of nitrogens with zero attached hydrogens (tertiary/aromatic N) is 1. The molecule has 0 bridgehead atoms. The average Bonchev–Trinajstić information content (AvgIpc) is 3.73. The van der Waals surface area contributed by atoms with Crippen molar-refractivity contribution in [3.63, 3.8) is 0 Å². The zero-order chi connectivity index (χ0) is 30.6. The van der Waals surface area contributed by atoms with Gasteiger partial charge in [0.15, 0.2) is 0 Å². The van der Waals surface area contributed by atoms with Gasteiger partial charge in [-0.3, -0.25) is 0 Å². The van der Waals surface area contributed by atoms with Gasteiger partial charge in [-0.2, -0.15) is 0 Å². The summed E-state index contributed by atoms with van der Waals surface area (Å²) >= 11 is 1.85. The van der Waals surface area contributed by atoms with Crippen molar-refractivity contribution in [1.29, 1.82) is 0 Å². The van der Waals surface area contributed by atoms with Gasteiger partial charge in [-0.05, 0) is 88.3 Å². The number of thiophene rings is 1. The monoisotopic (exact) mass is 607 g/mol. The lowest BCUT2D eigenvalue weighted by Crippen LogP contribution is -2.16. The van der Waals surface area contributed by atoms with Crippen LogP contribution in [-0.4, -0.2) is 0 Å². The molecule has 0 aliphatic heterocycles. The number of benzene rings is 7. The molecule has 3 heteroatoms. The number of hydrogen-bond donors (Lipinski definition) is 0. The Labute approximate surface area is 270 Å². The molecule has 0 saturated carbocycles. The van der Waals surface area contributed by atoms with Crippen LogP contribution in [0.1, 0.15) is 25.0 Å². The zero-order valence-electron chi connectivity index (χ0n) is 25.5. The summed E-state index contributed by atoms with van der Waals surface area (Å²) < 4.78 is 9.34. The van der Waals surface area contributed by atoms with Gasteiger partial charge in [-0.25, -0.2) is 0 Å². The van der Waals surface area contributed by atoms with Crippen LogP contribution in [0.4, 0.5) is 17.1 Å². The topological polar surface area (TPSA) is 16.4 Å². The van der Waals surface area contributed by atoms with Crippen molar-refractivity contribution in [2.45, 2.75) is 19.3 Å². The Morgan fingerprint density at radius 2 is 1.26 bits per heavy atom. The summed E-state index contributed by atoms with van der Waals surface area (Å²) in [5.41, 5.74) is 10.6. The third-order valence-electron chi connectivity index (χ3n) is 10.0. The molecule has 0 saturated heterocycles. The molecule has 0 atom stereocenters. The van der Waals surface area contributed by atoms with Crippen LogP contribution in [0.25, 0.3) is 64.0 Å². The van der Waals surface area contributed by atoms with Gasteiger partial charge in [0.05, 0.1) is 0 Å². The summed E-state index contributed by atoms with van der Waals surface area (Å²) in [5.74, 6) is 0. The molecule has 0 spiro atoms. The fraction of sp³-hybridized carbons (Fsp3) is 0.0698. The van der Waals surface area contributed by atoms with E-state index >= 15 is 0 Å². The lowest BCUT2D eigenvalue weighted by Gasteiger charge is -2.28. The van der Waals surface area contributed by atoms with Gasteiger partial charge in [0.25, 0.3) is 0 Å². The van der Waals surface area contributed by atoms with E-state index in [2.05, 4.69) is 158 Å². The Hall–Kier alpha value is -5.38. The van der Waals surface area contributed by atoms with Gasteiger partial charge >= 0.3 is 0 Å². The number of hydrogen-bond acceptors (Lipinski definition) is 3. The first-order chi connectivity index (χ1) is 22.6. The highest BCUT2D eigenvalue weighted by atomic mass is 32.1. The third kappa shape index (κ3) is 3.52. The van der Waals surface area contributed by atoms with Crippen LogP contribution < -0.4 is 4.90 Å². The molecule has 46 heavy (non-hydrogen) atoms. The van der Waals surface area contributed by atoms with E-state index in [4.69, 9.17) is 4.42 Å². The van der Waals surface area contributed by atoms with Crippen molar-refractivity contribution < 1.29 is 4.42 Å². The van der Waals surface area contributed by atoms with E-state index in [1.807, 2.05) is 11.3 Å². The molecule has 1 aliphatic carbocycles. The summed E-state index contributed by atoms with van der Waals surface area (Å²) in [5, 5.41) is 7.25. The van der Waals surface area contributed by atoms with Gasteiger partial charge < -0.3 is 9.32 Å². The molecule has 2 nitrogen and oxygen atoms in total. The van der Waals surface area contributed by atoms with E-state index in [0.29, 0.717) is 0 Å². The Morgan fingerprint density at radius 1 is 0.522 bits per heavy atom. The number of furan rings is 1. The van der Waals surface area contributed by atoms with Crippen LogP contribution in [0.5, 0.6) is 0 Å². The van der Waals surface area contributed by atoms with Crippen LogP contribution in [0.3, 0.4) is 0 Å². The van der Waals surface area contributed by atoms with Crippen molar-refractivity contribution in [3.05, 3.63) is 151 Å². The maximum absolute atomic E-state index is 6.75. The Morgan fingerprint density at radius 3 is 2.17 bits per heavy atom. The Kier molecular flexibility index (Phi) is 5.25. The van der Waals surface area contributed by atoms with E-state index in [9.17, 15) is 0 Å². The maximum atomic E-state index is 6.75. The molecule has 0 amide bonds. The second-order valence-electron chi connectivity index (χ2n) is 12.9. The summed E-state index contributed by atoms with van der Waals surface area (Å²) in [4.78, 5) is 2.38. The fourth-order valence-electron chi connectivity index (χ4n) is 7.84. The van der Waals surface area contributed by atoms with Crippen molar-refractivity contribution in [3.8, 4) is 11.1 Å². The highest BCUT2D eigenvalue weighted by Gasteiger charge is 2.35. The minimum absolute atomic E-state index is 0.0762. The molecule has 0 radical (unpaired) electrons. The SMILES string of the molecule is CC1(C)c2ccccc2-c2ccc(N(c3ccccc3)c3ccc4oc5c(ccc6ccc7sc8ccccc8c7c65)c4c3)cc21. The summed E-state index contributed by atoms with van der Waals surface area (Å²) in [6.45, 7) is 4.69. The van der Waals surface area contributed by atoms with Crippen LogP contribution >= 0.6 is 11.3 Å². The first-order valence-electron chi connectivity index (χ1n) is 15.9. The lowest BCUT2D eigenvalue weighted by atomic mass is 9.82. The van der Waals surface area contributed by atoms with E-state index in [1.54, 1.807) is 0 Å². The summed E-state index contributed by atoms with van der Waals surface area (Å²) in [6.07, 6.45) is 0. The Balaban J connectivity index is 1.20. The van der Waals surface area contributed by atoms with Crippen molar-refractivity contribution >= 4 is 81.3 Å². The summed E-state index contributed by atoms with van der Waals surface area (Å²) in [6, 6.07) is 50.8. The normalized spacial score (nSPS) is 13.6. The Bertz CT molecular complexity index is 2680. The molecular weight excluding hydrogens is 579 g/mol. The van der Waals surface area contributed by atoms with E-state index in [-0.39, 0.29) is 5.41 Å². The molecule has 9 aromatic rings. The highest BCUT2D eigenvalue weighted by molar-refractivity contribution is 7.26. The van der Waals surface area contributed by atoms with Crippen molar-refractivity contribution in [2.75, 3.05) is 4.90 Å². The summed E-state index contributed by atoms with van der Waals surface area (Å²) in [7, 11) is 0. The van der Waals surface area contributed by atoms with E-state index in [1.165, 1.54) is 53.2 Å². The molecule has 1 aliphatic rings. The van der Waals surface area contributed by atoms with Gasteiger partial charge in [0.1, 0.15) is 11.2 Å². The van der Waals surface area contributed by atoms with Gasteiger partial charge in [-0.1, -0.05) is 92.7 Å². The minimum atomic E-state index is -0.0762. The maximum Gasteiger partial charge on any atom is 0.143 e. The van der Waals surface area contributed by atoms with E-state index < -0.39 is 0 Å². The molecule has 218 valence electrons. The van der Waals surface area contributed by atoms with Crippen LogP contribution in [-0.2, 0) is 5.41 Å². The van der Waals surface area contributed by atoms with Crippen molar-refractivity contribution in [2.24, 2.45) is 0 Å². The molecule has 0 N–H and O–H groups in total. The zero-order valence-corrected chi connectivity index (χ0v) is 26.4. The predicted molar refractivity (Wildman–Crippen MR) is 196 cm³/mol. The number of fused-ring (bicyclic) bond motifs is 12. The smallest absolute Gasteiger partial charge is 0.143 e. The second-order valence-corrected chi connectivity index (χ2v) is 14.0. The standard InChI is InChI=1S/C43H29NOS/c1-43(2)35-14-8-6-12-30(35)31-21-18-29(25-36(31)43)44(27-10-4-3-5-11-27)28-19-22-37-34(24-28)32-20-16-26-17-23-39-41(40(26)42(32)45-37)33-13-7-9-15-38(33)46-39/h3-25H,1-2H3. The molecule has 7 aromatic carbocycles. The molecule has 2 aromatic heterocycles. The average molecular weight is 608 g/mol. The molecule has 0 fully saturated rings. The largest absolute Gasteiger partial charge is 0.455 e. The fourth-order valence-corrected chi connectivity index (χ4v) is 8.95. The van der Waals surface area contributed by atoms with Crippen LogP contribution in [0.15, 0.2) is 144 Å². The van der Waals surface area contributed by atoms with Gasteiger partial charge in [0, 0.05) is 58.8 Å². The first-order valence-corrected chi connectivity index (χ1v) is 16.7. The van der Waals surface area contributed by atoms with Crippen LogP contribution in [0, 0.1) is 0 Å². The molecule has 0 unspecified atom stereocenters. The number of anilines is 3. The molecule has 2 heterocycles.